The van der Waals surface area contributed by atoms with Crippen LogP contribution >= 0.6 is 0 Å². The first kappa shape index (κ1) is 19.9. The maximum absolute atomic E-state index is 12.9. The van der Waals surface area contributed by atoms with E-state index < -0.39 is 10.0 Å². The Balaban J connectivity index is 2.20. The van der Waals surface area contributed by atoms with Gasteiger partial charge in [0.15, 0.2) is 0 Å². The van der Waals surface area contributed by atoms with Gasteiger partial charge in [-0.15, -0.1) is 0 Å². The number of carbonyl (C=O) groups excluding carboxylic acids is 1. The molecule has 1 aromatic carbocycles. The third-order valence-corrected chi connectivity index (χ3v) is 7.09. The van der Waals surface area contributed by atoms with Crippen molar-refractivity contribution in [3.8, 4) is 0 Å². The van der Waals surface area contributed by atoms with Crippen molar-refractivity contribution in [1.82, 2.24) is 9.62 Å². The molecule has 0 spiro atoms. The monoisotopic (exact) mass is 366 g/mol. The summed E-state index contributed by atoms with van der Waals surface area (Å²) >= 11 is 0. The first-order valence-electron chi connectivity index (χ1n) is 9.29. The topological polar surface area (TPSA) is 66.5 Å². The molecular formula is C19H30N2O3S. The van der Waals surface area contributed by atoms with Crippen LogP contribution in [0.5, 0.6) is 0 Å². The van der Waals surface area contributed by atoms with E-state index in [0.29, 0.717) is 5.56 Å². The van der Waals surface area contributed by atoms with Crippen LogP contribution in [0.4, 0.5) is 0 Å². The normalized spacial score (nSPS) is 16.4. The lowest BCUT2D eigenvalue weighted by atomic mass is 9.96. The lowest BCUT2D eigenvalue weighted by molar-refractivity contribution is 0.0934. The molecule has 25 heavy (non-hydrogen) atoms. The minimum atomic E-state index is -3.58. The van der Waals surface area contributed by atoms with Gasteiger partial charge in [0, 0.05) is 24.7 Å². The van der Waals surface area contributed by atoms with Crippen molar-refractivity contribution in [2.45, 2.75) is 75.8 Å². The second kappa shape index (κ2) is 8.81. The Morgan fingerprint density at radius 3 is 2.44 bits per heavy atom. The number of amides is 1. The molecule has 1 aromatic rings. The number of benzene rings is 1. The number of nitrogens with zero attached hydrogens (tertiary/aromatic N) is 1. The molecule has 0 aromatic heterocycles. The summed E-state index contributed by atoms with van der Waals surface area (Å²) < 4.78 is 27.4. The van der Waals surface area contributed by atoms with Gasteiger partial charge >= 0.3 is 0 Å². The van der Waals surface area contributed by atoms with Crippen molar-refractivity contribution in [1.29, 1.82) is 0 Å². The summed E-state index contributed by atoms with van der Waals surface area (Å²) in [5.74, 6) is -0.217. The summed E-state index contributed by atoms with van der Waals surface area (Å²) in [6, 6.07) is 6.54. The summed E-state index contributed by atoms with van der Waals surface area (Å²) in [6.07, 6.45) is 6.84. The molecule has 0 unspecified atom stereocenters. The smallest absolute Gasteiger partial charge is 0.251 e. The molecule has 1 amide bonds. The molecule has 0 aliphatic heterocycles. The average molecular weight is 367 g/mol. The van der Waals surface area contributed by atoms with Crippen LogP contribution in [-0.2, 0) is 10.0 Å². The number of nitrogens with one attached hydrogen (secondary N) is 1. The highest BCUT2D eigenvalue weighted by molar-refractivity contribution is 7.89. The van der Waals surface area contributed by atoms with E-state index in [4.69, 9.17) is 0 Å². The van der Waals surface area contributed by atoms with E-state index in [1.807, 2.05) is 13.8 Å². The van der Waals surface area contributed by atoms with Crippen molar-refractivity contribution >= 4 is 15.9 Å². The summed E-state index contributed by atoms with van der Waals surface area (Å²) in [4.78, 5) is 12.6. The van der Waals surface area contributed by atoms with Crippen LogP contribution in [0.3, 0.4) is 0 Å². The molecule has 0 saturated heterocycles. The molecule has 0 heterocycles. The zero-order valence-electron chi connectivity index (χ0n) is 15.5. The van der Waals surface area contributed by atoms with Crippen molar-refractivity contribution < 1.29 is 13.2 Å². The number of hydrogen-bond acceptors (Lipinski definition) is 3. The van der Waals surface area contributed by atoms with Crippen LogP contribution < -0.4 is 5.32 Å². The van der Waals surface area contributed by atoms with Gasteiger partial charge in [-0.05, 0) is 43.9 Å². The average Bonchev–Trinajstić information content (AvgIpc) is 2.66. The van der Waals surface area contributed by atoms with Gasteiger partial charge in [0.2, 0.25) is 10.0 Å². The Morgan fingerprint density at radius 1 is 1.20 bits per heavy atom. The Labute approximate surface area is 151 Å². The quantitative estimate of drug-likeness (QED) is 0.802. The Hall–Kier alpha value is -1.40. The van der Waals surface area contributed by atoms with Crippen molar-refractivity contribution in [2.24, 2.45) is 0 Å². The highest BCUT2D eigenvalue weighted by Crippen LogP contribution is 2.26. The van der Waals surface area contributed by atoms with E-state index >= 15 is 0 Å². The molecule has 2 rings (SSSR count). The SMILES string of the molecule is CCC(CC)NC(=O)c1cccc(S(=O)(=O)N(C)C2CCCCC2)c1. The second-order valence-corrected chi connectivity index (χ2v) is 8.83. The molecular weight excluding hydrogens is 336 g/mol. The van der Waals surface area contributed by atoms with E-state index in [9.17, 15) is 13.2 Å². The van der Waals surface area contributed by atoms with E-state index in [2.05, 4.69) is 5.32 Å². The first-order valence-corrected chi connectivity index (χ1v) is 10.7. The zero-order valence-corrected chi connectivity index (χ0v) is 16.3. The third kappa shape index (κ3) is 4.82. The molecule has 1 saturated carbocycles. The number of rotatable bonds is 7. The molecule has 6 heteroatoms. The second-order valence-electron chi connectivity index (χ2n) is 6.83. The van der Waals surface area contributed by atoms with Crippen LogP contribution in [0.25, 0.3) is 0 Å². The third-order valence-electron chi connectivity index (χ3n) is 5.18. The van der Waals surface area contributed by atoms with Crippen LogP contribution in [0.1, 0.15) is 69.2 Å². The van der Waals surface area contributed by atoms with Gasteiger partial charge in [0.1, 0.15) is 0 Å². The van der Waals surface area contributed by atoms with Crippen molar-refractivity contribution in [3.63, 3.8) is 0 Å². The van der Waals surface area contributed by atoms with Crippen LogP contribution in [0, 0.1) is 0 Å². The van der Waals surface area contributed by atoms with E-state index in [0.717, 1.165) is 38.5 Å². The summed E-state index contributed by atoms with van der Waals surface area (Å²) in [7, 11) is -1.93. The highest BCUT2D eigenvalue weighted by atomic mass is 32.2. The van der Waals surface area contributed by atoms with E-state index in [1.165, 1.54) is 16.8 Å². The predicted octanol–water partition coefficient (Wildman–Crippen LogP) is 3.56. The lowest BCUT2D eigenvalue weighted by Gasteiger charge is -2.30. The number of hydrogen-bond donors (Lipinski definition) is 1. The van der Waals surface area contributed by atoms with E-state index in [-0.39, 0.29) is 22.9 Å². The van der Waals surface area contributed by atoms with Gasteiger partial charge in [-0.25, -0.2) is 8.42 Å². The fourth-order valence-corrected chi connectivity index (χ4v) is 4.83. The van der Waals surface area contributed by atoms with Crippen LogP contribution in [0.15, 0.2) is 29.2 Å². The van der Waals surface area contributed by atoms with Gasteiger partial charge in [-0.2, -0.15) is 4.31 Å². The molecule has 1 aliphatic rings. The number of sulfonamides is 1. The van der Waals surface area contributed by atoms with Gasteiger partial charge in [-0.1, -0.05) is 39.2 Å². The summed E-state index contributed by atoms with van der Waals surface area (Å²) in [6.45, 7) is 4.04. The molecule has 5 nitrogen and oxygen atoms in total. The lowest BCUT2D eigenvalue weighted by Crippen LogP contribution is -2.38. The highest BCUT2D eigenvalue weighted by Gasteiger charge is 2.29. The Bertz CT molecular complexity index is 678. The van der Waals surface area contributed by atoms with Gasteiger partial charge in [0.05, 0.1) is 4.90 Å². The van der Waals surface area contributed by atoms with Gasteiger partial charge in [0.25, 0.3) is 5.91 Å². The predicted molar refractivity (Wildman–Crippen MR) is 100 cm³/mol. The number of carbonyl (C=O) groups is 1. The maximum atomic E-state index is 12.9. The first-order chi connectivity index (χ1) is 11.9. The molecule has 140 valence electrons. The standard InChI is InChI=1S/C19H30N2O3S/c1-4-16(5-2)20-19(22)15-10-9-13-18(14-15)25(23,24)21(3)17-11-7-6-8-12-17/h9-10,13-14,16-17H,4-8,11-12H2,1-3H3,(H,20,22). The Kier molecular flexibility index (Phi) is 7.02. The maximum Gasteiger partial charge on any atom is 0.251 e. The molecule has 1 aliphatic carbocycles. The molecule has 1 fully saturated rings. The fraction of sp³-hybridized carbons (Fsp3) is 0.632. The van der Waals surface area contributed by atoms with Gasteiger partial charge < -0.3 is 5.32 Å². The van der Waals surface area contributed by atoms with E-state index in [1.54, 1.807) is 25.2 Å². The van der Waals surface area contributed by atoms with Gasteiger partial charge in [-0.3, -0.25) is 4.79 Å². The van der Waals surface area contributed by atoms with Crippen molar-refractivity contribution in [3.05, 3.63) is 29.8 Å². The molecule has 0 bridgehead atoms. The largest absolute Gasteiger partial charge is 0.349 e. The summed E-state index contributed by atoms with van der Waals surface area (Å²) in [5.41, 5.74) is 0.394. The van der Waals surface area contributed by atoms with Crippen molar-refractivity contribution in [2.75, 3.05) is 7.05 Å². The minimum absolute atomic E-state index is 0.0563. The molecule has 0 radical (unpaired) electrons. The zero-order chi connectivity index (χ0) is 18.4. The Morgan fingerprint density at radius 2 is 1.84 bits per heavy atom. The minimum Gasteiger partial charge on any atom is -0.349 e. The van der Waals surface area contributed by atoms with Crippen LogP contribution in [0.2, 0.25) is 0 Å². The molecule has 0 atom stereocenters. The fourth-order valence-electron chi connectivity index (χ4n) is 3.37. The molecule has 1 N–H and O–H groups in total. The summed E-state index contributed by atoms with van der Waals surface area (Å²) in [5, 5.41) is 2.96. The van der Waals surface area contributed by atoms with Crippen LogP contribution in [-0.4, -0.2) is 37.8 Å².